The first kappa shape index (κ1) is 14.1. The van der Waals surface area contributed by atoms with Crippen molar-refractivity contribution in [1.29, 1.82) is 0 Å². The average molecular weight is 268 g/mol. The Labute approximate surface area is 120 Å². The number of hydrogen-bond acceptors (Lipinski definition) is 1. The van der Waals surface area contributed by atoms with Crippen molar-refractivity contribution in [3.05, 3.63) is 65.4 Å². The van der Waals surface area contributed by atoms with Gasteiger partial charge in [0.25, 0.3) is 0 Å². The molecule has 104 valence electrons. The second-order valence-corrected chi connectivity index (χ2v) is 5.10. The molecule has 0 bridgehead atoms. The highest BCUT2D eigenvalue weighted by Gasteiger charge is 2.05. The monoisotopic (exact) mass is 268 g/mol. The van der Waals surface area contributed by atoms with Gasteiger partial charge in [0.15, 0.2) is 0 Å². The van der Waals surface area contributed by atoms with E-state index in [4.69, 9.17) is 0 Å². The molecule has 1 unspecified atom stereocenters. The van der Waals surface area contributed by atoms with Crippen molar-refractivity contribution in [2.45, 2.75) is 20.8 Å². The van der Waals surface area contributed by atoms with Crippen molar-refractivity contribution in [1.82, 2.24) is 5.32 Å². The molecule has 3 heteroatoms. The minimum absolute atomic E-state index is 0.230. The summed E-state index contributed by atoms with van der Waals surface area (Å²) >= 11 is 0. The lowest BCUT2D eigenvalue weighted by molar-refractivity contribution is 0.254. The Morgan fingerprint density at radius 1 is 1.10 bits per heavy atom. The zero-order valence-corrected chi connectivity index (χ0v) is 12.1. The van der Waals surface area contributed by atoms with E-state index in [2.05, 4.69) is 23.6 Å². The first-order valence-electron chi connectivity index (χ1n) is 6.76. The predicted octanol–water partition coefficient (Wildman–Crippen LogP) is 4.07. The number of allylic oxidation sites excluding steroid dienone is 5. The fraction of sp³-hybridized carbons (Fsp3) is 0.235. The van der Waals surface area contributed by atoms with Crippen LogP contribution in [0.1, 0.15) is 18.1 Å². The second kappa shape index (κ2) is 6.24. The lowest BCUT2D eigenvalue weighted by Gasteiger charge is -2.09. The van der Waals surface area contributed by atoms with E-state index < -0.39 is 0 Å². The van der Waals surface area contributed by atoms with E-state index in [0.29, 0.717) is 5.92 Å². The van der Waals surface area contributed by atoms with Gasteiger partial charge in [-0.1, -0.05) is 31.2 Å². The molecule has 0 saturated heterocycles. The van der Waals surface area contributed by atoms with Gasteiger partial charge in [0.05, 0.1) is 0 Å². The minimum Gasteiger partial charge on any atom is -0.308 e. The Balaban J connectivity index is 1.99. The summed E-state index contributed by atoms with van der Waals surface area (Å²) in [6.07, 6.45) is 9.89. The quantitative estimate of drug-likeness (QED) is 0.834. The number of carbonyl (C=O) groups excluding carboxylic acids is 1. The molecule has 0 radical (unpaired) electrons. The molecular weight excluding hydrogens is 248 g/mol. The molecular formula is C17H20N2O. The fourth-order valence-electron chi connectivity index (χ4n) is 1.91. The number of hydrogen-bond donors (Lipinski definition) is 2. The van der Waals surface area contributed by atoms with Crippen LogP contribution >= 0.6 is 0 Å². The lowest BCUT2D eigenvalue weighted by Crippen LogP contribution is -2.27. The minimum atomic E-state index is -0.230. The summed E-state index contributed by atoms with van der Waals surface area (Å²) in [6, 6.07) is 5.64. The summed E-state index contributed by atoms with van der Waals surface area (Å²) in [5, 5.41) is 5.67. The van der Waals surface area contributed by atoms with Crippen LogP contribution in [-0.4, -0.2) is 6.03 Å². The van der Waals surface area contributed by atoms with Crippen molar-refractivity contribution in [2.24, 2.45) is 5.92 Å². The van der Waals surface area contributed by atoms with E-state index in [9.17, 15) is 4.79 Å². The van der Waals surface area contributed by atoms with Crippen LogP contribution in [0.15, 0.2) is 54.3 Å². The number of rotatable bonds is 2. The van der Waals surface area contributed by atoms with E-state index in [-0.39, 0.29) is 6.03 Å². The molecule has 1 aliphatic rings. The zero-order chi connectivity index (χ0) is 14.5. The van der Waals surface area contributed by atoms with E-state index in [1.807, 2.05) is 56.4 Å². The number of nitrogens with one attached hydrogen (secondary N) is 2. The largest absolute Gasteiger partial charge is 0.323 e. The van der Waals surface area contributed by atoms with Crippen molar-refractivity contribution < 1.29 is 4.79 Å². The maximum Gasteiger partial charge on any atom is 0.323 e. The molecule has 0 aliphatic heterocycles. The Morgan fingerprint density at radius 3 is 2.65 bits per heavy atom. The number of amides is 2. The van der Waals surface area contributed by atoms with Gasteiger partial charge in [-0.15, -0.1) is 0 Å². The summed E-state index contributed by atoms with van der Waals surface area (Å²) in [6.45, 7) is 6.17. The molecule has 3 nitrogen and oxygen atoms in total. The number of benzene rings is 1. The number of aryl methyl sites for hydroxylation is 2. The molecule has 0 spiro atoms. The lowest BCUT2D eigenvalue weighted by atomic mass is 10.1. The van der Waals surface area contributed by atoms with E-state index in [1.54, 1.807) is 0 Å². The number of anilines is 1. The Hall–Kier alpha value is -2.29. The van der Waals surface area contributed by atoms with Crippen LogP contribution in [-0.2, 0) is 0 Å². The standard InChI is InChI=1S/C17H20N2O/c1-12-5-4-6-15(9-7-12)18-17(20)19-16-10-8-13(2)14(3)11-16/h4-12H,1-3H3,(H2,18,19,20). The van der Waals surface area contributed by atoms with Gasteiger partial charge >= 0.3 is 6.03 Å². The fourth-order valence-corrected chi connectivity index (χ4v) is 1.91. The molecule has 1 aromatic carbocycles. The summed E-state index contributed by atoms with van der Waals surface area (Å²) in [5.41, 5.74) is 3.96. The van der Waals surface area contributed by atoms with Gasteiger partial charge in [0.2, 0.25) is 0 Å². The third-order valence-electron chi connectivity index (χ3n) is 3.29. The van der Waals surface area contributed by atoms with Gasteiger partial charge in [-0.3, -0.25) is 0 Å². The van der Waals surface area contributed by atoms with Crippen LogP contribution in [0.5, 0.6) is 0 Å². The molecule has 1 aliphatic carbocycles. The molecule has 0 aromatic heterocycles. The maximum atomic E-state index is 11.9. The predicted molar refractivity (Wildman–Crippen MR) is 83.6 cm³/mol. The van der Waals surface area contributed by atoms with E-state index >= 15 is 0 Å². The third-order valence-corrected chi connectivity index (χ3v) is 3.29. The highest BCUT2D eigenvalue weighted by molar-refractivity contribution is 5.90. The van der Waals surface area contributed by atoms with Gasteiger partial charge < -0.3 is 10.6 Å². The smallest absolute Gasteiger partial charge is 0.308 e. The Morgan fingerprint density at radius 2 is 1.90 bits per heavy atom. The summed E-state index contributed by atoms with van der Waals surface area (Å²) < 4.78 is 0. The molecule has 0 fully saturated rings. The number of urea groups is 1. The second-order valence-electron chi connectivity index (χ2n) is 5.10. The SMILES string of the molecule is Cc1ccc(NC(=O)NC2=CC=CC(C)C=C2)cc1C. The Bertz CT molecular complexity index is 597. The van der Waals surface area contributed by atoms with Crippen LogP contribution in [0.4, 0.5) is 10.5 Å². The zero-order valence-electron chi connectivity index (χ0n) is 12.1. The van der Waals surface area contributed by atoms with Crippen LogP contribution in [0.25, 0.3) is 0 Å². The van der Waals surface area contributed by atoms with Crippen molar-refractivity contribution in [3.8, 4) is 0 Å². The molecule has 2 amide bonds. The molecule has 1 aromatic rings. The van der Waals surface area contributed by atoms with Gasteiger partial charge in [-0.25, -0.2) is 4.79 Å². The van der Waals surface area contributed by atoms with Crippen LogP contribution in [0, 0.1) is 19.8 Å². The van der Waals surface area contributed by atoms with Gasteiger partial charge in [0.1, 0.15) is 0 Å². The first-order chi connectivity index (χ1) is 9.54. The maximum absolute atomic E-state index is 11.9. The first-order valence-corrected chi connectivity index (χ1v) is 6.76. The molecule has 0 heterocycles. The Kier molecular flexibility index (Phi) is 4.41. The van der Waals surface area contributed by atoms with Crippen LogP contribution in [0.3, 0.4) is 0 Å². The van der Waals surface area contributed by atoms with E-state index in [1.165, 1.54) is 5.56 Å². The van der Waals surface area contributed by atoms with Crippen molar-refractivity contribution in [2.75, 3.05) is 5.32 Å². The molecule has 2 N–H and O–H groups in total. The summed E-state index contributed by atoms with van der Waals surface area (Å²) in [5.74, 6) is 0.383. The molecule has 20 heavy (non-hydrogen) atoms. The highest BCUT2D eigenvalue weighted by Crippen LogP contribution is 2.14. The summed E-state index contributed by atoms with van der Waals surface area (Å²) in [4.78, 5) is 11.9. The topological polar surface area (TPSA) is 41.1 Å². The number of carbonyl (C=O) groups is 1. The van der Waals surface area contributed by atoms with Crippen LogP contribution < -0.4 is 10.6 Å². The highest BCUT2D eigenvalue weighted by atomic mass is 16.2. The average Bonchev–Trinajstić information content (AvgIpc) is 2.59. The third kappa shape index (κ3) is 3.85. The molecule has 2 rings (SSSR count). The van der Waals surface area contributed by atoms with Crippen LogP contribution in [0.2, 0.25) is 0 Å². The van der Waals surface area contributed by atoms with Crippen molar-refractivity contribution >= 4 is 11.7 Å². The normalized spacial score (nSPS) is 17.4. The van der Waals surface area contributed by atoms with Gasteiger partial charge in [-0.2, -0.15) is 0 Å². The van der Waals surface area contributed by atoms with E-state index in [0.717, 1.165) is 16.9 Å². The summed E-state index contributed by atoms with van der Waals surface area (Å²) in [7, 11) is 0. The van der Waals surface area contributed by atoms with Gasteiger partial charge in [0, 0.05) is 11.4 Å². The van der Waals surface area contributed by atoms with Gasteiger partial charge in [-0.05, 0) is 55.2 Å². The molecule has 1 atom stereocenters. The molecule has 0 saturated carbocycles. The van der Waals surface area contributed by atoms with Crippen molar-refractivity contribution in [3.63, 3.8) is 0 Å².